The van der Waals surface area contributed by atoms with Crippen molar-refractivity contribution in [1.82, 2.24) is 4.98 Å². The number of nitrogens with zero attached hydrogens (tertiary/aromatic N) is 1. The molecule has 0 radical (unpaired) electrons. The molecule has 0 spiro atoms. The number of rotatable bonds is 7. The minimum Gasteiger partial charge on any atom is -0.497 e. The average Bonchev–Trinajstić information content (AvgIpc) is 2.62. The quantitative estimate of drug-likeness (QED) is 0.600. The van der Waals surface area contributed by atoms with Crippen molar-refractivity contribution >= 4 is 29.2 Å². The van der Waals surface area contributed by atoms with Crippen LogP contribution in [0.4, 0.5) is 5.69 Å². The maximum atomic E-state index is 12.0. The number of carbonyl (C=O) groups excluding carboxylic acids is 2. The lowest BCUT2D eigenvalue weighted by atomic mass is 10.3. The molecule has 0 aliphatic heterocycles. The van der Waals surface area contributed by atoms with Crippen LogP contribution >= 0.6 is 11.6 Å². The van der Waals surface area contributed by atoms with E-state index in [2.05, 4.69) is 10.3 Å². The van der Waals surface area contributed by atoms with E-state index in [9.17, 15) is 9.59 Å². The van der Waals surface area contributed by atoms with E-state index in [1.165, 1.54) is 13.1 Å². The lowest BCUT2D eigenvalue weighted by Crippen LogP contribution is -2.31. The molecule has 1 N–H and O–H groups in total. The molecule has 1 amide bonds. The van der Waals surface area contributed by atoms with Gasteiger partial charge in [0.2, 0.25) is 0 Å². The molecule has 0 saturated heterocycles. The van der Waals surface area contributed by atoms with Crippen LogP contribution < -0.4 is 14.8 Å². The van der Waals surface area contributed by atoms with Gasteiger partial charge in [-0.15, -0.1) is 0 Å². The Morgan fingerprint density at radius 3 is 2.52 bits per heavy atom. The van der Waals surface area contributed by atoms with Gasteiger partial charge in [0.15, 0.2) is 17.9 Å². The number of nitrogens with one attached hydrogen (secondary N) is 1. The molecule has 8 heteroatoms. The van der Waals surface area contributed by atoms with Crippen molar-refractivity contribution in [3.63, 3.8) is 0 Å². The summed E-state index contributed by atoms with van der Waals surface area (Å²) in [4.78, 5) is 27.6. The highest BCUT2D eigenvalue weighted by Gasteiger charge is 2.19. The topological polar surface area (TPSA) is 86.8 Å². The van der Waals surface area contributed by atoms with Gasteiger partial charge in [0, 0.05) is 6.20 Å². The largest absolute Gasteiger partial charge is 0.497 e. The number of anilines is 1. The van der Waals surface area contributed by atoms with Crippen LogP contribution in [0.5, 0.6) is 11.5 Å². The maximum Gasteiger partial charge on any atom is 0.344 e. The van der Waals surface area contributed by atoms with Gasteiger partial charge in [-0.25, -0.2) is 9.78 Å². The Morgan fingerprint density at radius 2 is 1.88 bits per heavy atom. The van der Waals surface area contributed by atoms with E-state index in [4.69, 9.17) is 25.8 Å². The monoisotopic (exact) mass is 364 g/mol. The summed E-state index contributed by atoms with van der Waals surface area (Å²) in [6, 6.07) is 9.94. The van der Waals surface area contributed by atoms with Gasteiger partial charge in [-0.2, -0.15) is 0 Å². The zero-order chi connectivity index (χ0) is 18.2. The molecule has 0 bridgehead atoms. The van der Waals surface area contributed by atoms with Crippen LogP contribution in [0.1, 0.15) is 6.92 Å². The molecule has 1 aromatic carbocycles. The van der Waals surface area contributed by atoms with Crippen molar-refractivity contribution in [3.8, 4) is 11.5 Å². The summed E-state index contributed by atoms with van der Waals surface area (Å²) < 4.78 is 15.3. The summed E-state index contributed by atoms with van der Waals surface area (Å²) in [6.07, 6.45) is 0.487. The molecular formula is C17H17ClN2O5. The Bertz CT molecular complexity index is 736. The smallest absolute Gasteiger partial charge is 0.344 e. The second-order valence-electron chi connectivity index (χ2n) is 4.93. The number of carbonyl (C=O) groups is 2. The van der Waals surface area contributed by atoms with Crippen LogP contribution in [0, 0.1) is 0 Å². The van der Waals surface area contributed by atoms with Gasteiger partial charge in [-0.3, -0.25) is 4.79 Å². The Kier molecular flexibility index (Phi) is 6.59. The maximum absolute atomic E-state index is 12.0. The van der Waals surface area contributed by atoms with E-state index in [-0.39, 0.29) is 11.8 Å². The van der Waals surface area contributed by atoms with E-state index in [0.717, 1.165) is 0 Å². The molecule has 1 heterocycles. The summed E-state index contributed by atoms with van der Waals surface area (Å²) in [5.74, 6) is -0.0327. The molecule has 132 valence electrons. The Labute approximate surface area is 149 Å². The Hall–Kier alpha value is -2.80. The fourth-order valence-corrected chi connectivity index (χ4v) is 1.98. The van der Waals surface area contributed by atoms with E-state index in [1.54, 1.807) is 43.5 Å². The average molecular weight is 365 g/mol. The fraction of sp³-hybridized carbons (Fsp3) is 0.235. The van der Waals surface area contributed by atoms with Gasteiger partial charge in [-0.1, -0.05) is 11.6 Å². The first-order valence-electron chi connectivity index (χ1n) is 7.37. The molecule has 0 saturated carbocycles. The minimum atomic E-state index is -1.01. The molecule has 0 aliphatic rings. The number of pyridine rings is 1. The third kappa shape index (κ3) is 5.65. The van der Waals surface area contributed by atoms with E-state index >= 15 is 0 Å². The molecule has 1 aromatic heterocycles. The van der Waals surface area contributed by atoms with Crippen LogP contribution in [0.3, 0.4) is 0 Å². The lowest BCUT2D eigenvalue weighted by molar-refractivity contribution is -0.155. The third-order valence-electron chi connectivity index (χ3n) is 3.11. The number of amides is 1. The van der Waals surface area contributed by atoms with Gasteiger partial charge in [0.05, 0.1) is 12.8 Å². The van der Waals surface area contributed by atoms with E-state index in [0.29, 0.717) is 17.2 Å². The van der Waals surface area contributed by atoms with Gasteiger partial charge in [-0.05, 0) is 43.3 Å². The highest BCUT2D eigenvalue weighted by Crippen LogP contribution is 2.18. The molecular weight excluding hydrogens is 348 g/mol. The van der Waals surface area contributed by atoms with Crippen molar-refractivity contribution in [2.75, 3.05) is 19.0 Å². The van der Waals surface area contributed by atoms with Crippen molar-refractivity contribution in [3.05, 3.63) is 47.7 Å². The minimum absolute atomic E-state index is 0.150. The van der Waals surface area contributed by atoms with Crippen LogP contribution in [-0.2, 0) is 14.3 Å². The summed E-state index contributed by atoms with van der Waals surface area (Å²) in [5, 5.41) is 2.69. The molecule has 0 fully saturated rings. The number of esters is 1. The third-order valence-corrected chi connectivity index (χ3v) is 3.41. The number of halogens is 1. The molecule has 2 aromatic rings. The second-order valence-corrected chi connectivity index (χ2v) is 5.29. The number of methoxy groups -OCH3 is 1. The van der Waals surface area contributed by atoms with Crippen molar-refractivity contribution < 1.29 is 23.8 Å². The summed E-state index contributed by atoms with van der Waals surface area (Å²) in [7, 11) is 1.55. The van der Waals surface area contributed by atoms with Gasteiger partial charge >= 0.3 is 5.97 Å². The number of hydrogen-bond acceptors (Lipinski definition) is 6. The summed E-state index contributed by atoms with van der Waals surface area (Å²) in [6.45, 7) is 1.13. The predicted octanol–water partition coefficient (Wildman–Crippen LogP) is 2.69. The highest BCUT2D eigenvalue weighted by molar-refractivity contribution is 6.32. The van der Waals surface area contributed by atoms with Crippen LogP contribution in [0.25, 0.3) is 0 Å². The molecule has 1 atom stereocenters. The zero-order valence-electron chi connectivity index (χ0n) is 13.7. The first kappa shape index (κ1) is 18.5. The SMILES string of the molecule is COc1ccc(OCC(=O)OC(C)C(=O)Nc2cccnc2Cl)cc1. The standard InChI is InChI=1S/C17H17ClN2O5/c1-11(17(22)20-14-4-3-9-19-16(14)18)25-15(21)10-24-13-7-5-12(23-2)6-8-13/h3-9,11H,10H2,1-2H3,(H,20,22). The molecule has 7 nitrogen and oxygen atoms in total. The van der Waals surface area contributed by atoms with Crippen molar-refractivity contribution in [2.24, 2.45) is 0 Å². The number of benzene rings is 1. The van der Waals surface area contributed by atoms with Gasteiger partial charge < -0.3 is 19.5 Å². The van der Waals surface area contributed by atoms with Crippen LogP contribution in [-0.4, -0.2) is 36.7 Å². The summed E-state index contributed by atoms with van der Waals surface area (Å²) in [5.41, 5.74) is 0.339. The van der Waals surface area contributed by atoms with E-state index in [1.807, 2.05) is 0 Å². The highest BCUT2D eigenvalue weighted by atomic mass is 35.5. The number of ether oxygens (including phenoxy) is 3. The van der Waals surface area contributed by atoms with Gasteiger partial charge in [0.25, 0.3) is 5.91 Å². The predicted molar refractivity (Wildman–Crippen MR) is 91.9 cm³/mol. The molecule has 25 heavy (non-hydrogen) atoms. The second kappa shape index (κ2) is 8.89. The van der Waals surface area contributed by atoms with Crippen LogP contribution in [0.2, 0.25) is 5.15 Å². The molecule has 2 rings (SSSR count). The Balaban J connectivity index is 1.80. The summed E-state index contributed by atoms with van der Waals surface area (Å²) >= 11 is 5.86. The molecule has 1 unspecified atom stereocenters. The zero-order valence-corrected chi connectivity index (χ0v) is 14.4. The lowest BCUT2D eigenvalue weighted by Gasteiger charge is -2.14. The van der Waals surface area contributed by atoms with E-state index < -0.39 is 18.0 Å². The first-order chi connectivity index (χ1) is 12.0. The fourth-order valence-electron chi connectivity index (χ4n) is 1.81. The van der Waals surface area contributed by atoms with Crippen LogP contribution in [0.15, 0.2) is 42.6 Å². The van der Waals surface area contributed by atoms with Crippen molar-refractivity contribution in [2.45, 2.75) is 13.0 Å². The number of hydrogen-bond donors (Lipinski definition) is 1. The van der Waals surface area contributed by atoms with Gasteiger partial charge in [0.1, 0.15) is 11.5 Å². The molecule has 0 aliphatic carbocycles. The first-order valence-corrected chi connectivity index (χ1v) is 7.75. The van der Waals surface area contributed by atoms with Crippen molar-refractivity contribution in [1.29, 1.82) is 0 Å². The normalized spacial score (nSPS) is 11.3. The number of aromatic nitrogens is 1. The Morgan fingerprint density at radius 1 is 1.20 bits per heavy atom.